The van der Waals surface area contributed by atoms with E-state index in [0.29, 0.717) is 6.79 Å². The van der Waals surface area contributed by atoms with Gasteiger partial charge in [0.15, 0.2) is 13.1 Å². The van der Waals surface area contributed by atoms with Gasteiger partial charge in [0, 0.05) is 20.3 Å². The van der Waals surface area contributed by atoms with Gasteiger partial charge in [-0.2, -0.15) is 0 Å². The van der Waals surface area contributed by atoms with Gasteiger partial charge in [0.2, 0.25) is 0 Å². The molecule has 0 aromatic carbocycles. The molecule has 0 aromatic rings. The van der Waals surface area contributed by atoms with Crippen LogP contribution in [0.1, 0.15) is 90.9 Å². The average molecular weight is 359 g/mol. The molecule has 0 aliphatic rings. The van der Waals surface area contributed by atoms with Crippen molar-refractivity contribution in [1.82, 2.24) is 0 Å². The Morgan fingerprint density at radius 3 is 1.76 bits per heavy atom. The molecule has 0 unspecified atom stereocenters. The Balaban J connectivity index is 3.19. The largest absolute Gasteiger partial charge is 0.476 e. The van der Waals surface area contributed by atoms with Crippen LogP contribution in [-0.2, 0) is 18.9 Å². The van der Waals surface area contributed by atoms with Crippen molar-refractivity contribution in [2.45, 2.75) is 97.2 Å². The van der Waals surface area contributed by atoms with Gasteiger partial charge in [-0.1, -0.05) is 51.4 Å². The highest BCUT2D eigenvalue weighted by molar-refractivity contribution is 4.72. The quantitative estimate of drug-likeness (QED) is 0.147. The minimum Gasteiger partial charge on any atom is -0.476 e. The van der Waals surface area contributed by atoms with Crippen molar-refractivity contribution >= 4 is 0 Å². The molecule has 0 atom stereocenters. The van der Waals surface area contributed by atoms with Crippen LogP contribution in [0.2, 0.25) is 0 Å². The molecule has 25 heavy (non-hydrogen) atoms. The van der Waals surface area contributed by atoms with Crippen molar-refractivity contribution < 1.29 is 18.9 Å². The molecule has 0 radical (unpaired) electrons. The fourth-order valence-corrected chi connectivity index (χ4v) is 2.82. The van der Waals surface area contributed by atoms with Crippen LogP contribution in [0.5, 0.6) is 0 Å². The molecule has 0 bridgehead atoms. The predicted molar refractivity (Wildman–Crippen MR) is 105 cm³/mol. The maximum Gasteiger partial charge on any atom is 0.187 e. The van der Waals surface area contributed by atoms with E-state index in [2.05, 4.69) is 6.08 Å². The van der Waals surface area contributed by atoms with Gasteiger partial charge in [-0.3, -0.25) is 0 Å². The highest BCUT2D eigenvalue weighted by atomic mass is 16.7. The van der Waals surface area contributed by atoms with Crippen LogP contribution in [0.4, 0.5) is 0 Å². The summed E-state index contributed by atoms with van der Waals surface area (Å²) in [5.41, 5.74) is 0. The lowest BCUT2D eigenvalue weighted by atomic mass is 10.1. The van der Waals surface area contributed by atoms with E-state index < -0.39 is 0 Å². The molecule has 0 heterocycles. The summed E-state index contributed by atoms with van der Waals surface area (Å²) in [6.07, 6.45) is 19.3. The van der Waals surface area contributed by atoms with E-state index in [0.717, 1.165) is 26.1 Å². The van der Waals surface area contributed by atoms with Crippen molar-refractivity contribution in [2.24, 2.45) is 0 Å². The topological polar surface area (TPSA) is 36.9 Å². The zero-order valence-corrected chi connectivity index (χ0v) is 17.0. The van der Waals surface area contributed by atoms with Crippen LogP contribution in [0, 0.1) is 0 Å². The maximum atomic E-state index is 5.57. The van der Waals surface area contributed by atoms with Crippen LogP contribution < -0.4 is 0 Å². The first-order valence-corrected chi connectivity index (χ1v) is 10.3. The second-order valence-electron chi connectivity index (χ2n) is 6.40. The van der Waals surface area contributed by atoms with Crippen LogP contribution in [-0.4, -0.2) is 33.4 Å². The second kappa shape index (κ2) is 21.5. The van der Waals surface area contributed by atoms with Gasteiger partial charge in [0.05, 0.1) is 6.26 Å². The summed E-state index contributed by atoms with van der Waals surface area (Å²) in [6.45, 7) is 5.88. The third-order valence-corrected chi connectivity index (χ3v) is 4.14. The second-order valence-corrected chi connectivity index (χ2v) is 6.40. The SMILES string of the molecule is CCOC(CCCCCCCCCCCCC=COCOC)OCC. The first kappa shape index (κ1) is 24.4. The molecule has 0 saturated heterocycles. The summed E-state index contributed by atoms with van der Waals surface area (Å²) < 4.78 is 21.0. The third-order valence-electron chi connectivity index (χ3n) is 4.14. The maximum absolute atomic E-state index is 5.57. The van der Waals surface area contributed by atoms with Gasteiger partial charge < -0.3 is 18.9 Å². The molecule has 4 heteroatoms. The Hall–Kier alpha value is -0.580. The molecule has 0 N–H and O–H groups in total. The van der Waals surface area contributed by atoms with Crippen LogP contribution in [0.15, 0.2) is 12.3 Å². The fourth-order valence-electron chi connectivity index (χ4n) is 2.82. The van der Waals surface area contributed by atoms with E-state index in [4.69, 9.17) is 18.9 Å². The van der Waals surface area contributed by atoms with Crippen molar-refractivity contribution in [3.8, 4) is 0 Å². The molecule has 0 spiro atoms. The lowest BCUT2D eigenvalue weighted by Gasteiger charge is -2.16. The van der Waals surface area contributed by atoms with Crippen molar-refractivity contribution in [3.05, 3.63) is 12.3 Å². The highest BCUT2D eigenvalue weighted by Gasteiger charge is 2.06. The van der Waals surface area contributed by atoms with Crippen molar-refractivity contribution in [2.75, 3.05) is 27.1 Å². The molecule has 0 rings (SSSR count). The molecule has 0 aliphatic carbocycles. The molecular weight excluding hydrogens is 316 g/mol. The molecule has 0 saturated carbocycles. The number of unbranched alkanes of at least 4 members (excludes halogenated alkanes) is 10. The molecule has 0 fully saturated rings. The lowest BCUT2D eigenvalue weighted by Crippen LogP contribution is -2.17. The highest BCUT2D eigenvalue weighted by Crippen LogP contribution is 2.14. The minimum absolute atomic E-state index is 0.0105. The molecule has 4 nitrogen and oxygen atoms in total. The van der Waals surface area contributed by atoms with Crippen LogP contribution in [0.3, 0.4) is 0 Å². The fraction of sp³-hybridized carbons (Fsp3) is 0.905. The molecule has 150 valence electrons. The standard InChI is InChI=1S/C21H42O4/c1-4-24-21(25-5-2)18-16-14-12-10-8-6-7-9-11-13-15-17-19-23-20-22-3/h17,19,21H,4-16,18,20H2,1-3H3. The van der Waals surface area contributed by atoms with Crippen molar-refractivity contribution in [3.63, 3.8) is 0 Å². The molecule has 0 aromatic heterocycles. The van der Waals surface area contributed by atoms with E-state index in [1.54, 1.807) is 13.4 Å². The summed E-state index contributed by atoms with van der Waals surface area (Å²) in [4.78, 5) is 0. The number of allylic oxidation sites excluding steroid dienone is 1. The zero-order valence-electron chi connectivity index (χ0n) is 17.0. The number of ether oxygens (including phenoxy) is 4. The van der Waals surface area contributed by atoms with E-state index in [1.165, 1.54) is 64.2 Å². The Morgan fingerprint density at radius 2 is 1.24 bits per heavy atom. The summed E-state index contributed by atoms with van der Waals surface area (Å²) in [6, 6.07) is 0. The summed E-state index contributed by atoms with van der Waals surface area (Å²) >= 11 is 0. The van der Waals surface area contributed by atoms with E-state index in [9.17, 15) is 0 Å². The van der Waals surface area contributed by atoms with Crippen LogP contribution in [0.25, 0.3) is 0 Å². The van der Waals surface area contributed by atoms with Gasteiger partial charge in [-0.05, 0) is 45.6 Å². The monoisotopic (exact) mass is 358 g/mol. The van der Waals surface area contributed by atoms with Crippen molar-refractivity contribution in [1.29, 1.82) is 0 Å². The summed E-state index contributed by atoms with van der Waals surface area (Å²) in [7, 11) is 1.63. The smallest absolute Gasteiger partial charge is 0.187 e. The zero-order chi connectivity index (χ0) is 18.4. The average Bonchev–Trinajstić information content (AvgIpc) is 2.61. The van der Waals surface area contributed by atoms with Gasteiger partial charge in [-0.15, -0.1) is 0 Å². The third kappa shape index (κ3) is 19.6. The van der Waals surface area contributed by atoms with Gasteiger partial charge in [0.25, 0.3) is 0 Å². The van der Waals surface area contributed by atoms with Gasteiger partial charge in [-0.25, -0.2) is 0 Å². The Labute approximate surface area is 156 Å². The Bertz CT molecular complexity index is 263. The Morgan fingerprint density at radius 1 is 0.720 bits per heavy atom. The lowest BCUT2D eigenvalue weighted by molar-refractivity contribution is -0.140. The van der Waals surface area contributed by atoms with E-state index in [-0.39, 0.29) is 6.29 Å². The first-order chi connectivity index (χ1) is 12.3. The normalized spacial score (nSPS) is 11.7. The first-order valence-electron chi connectivity index (χ1n) is 10.3. The van der Waals surface area contributed by atoms with Gasteiger partial charge >= 0.3 is 0 Å². The minimum atomic E-state index is 0.0105. The van der Waals surface area contributed by atoms with Gasteiger partial charge in [0.1, 0.15) is 0 Å². The summed E-state index contributed by atoms with van der Waals surface area (Å²) in [5.74, 6) is 0. The number of hydrogen-bond acceptors (Lipinski definition) is 4. The number of methoxy groups -OCH3 is 1. The van der Waals surface area contributed by atoms with Crippen LogP contribution >= 0.6 is 0 Å². The predicted octanol–water partition coefficient (Wildman–Crippen LogP) is 6.20. The molecule has 0 amide bonds. The Kier molecular flexibility index (Phi) is 21.0. The molecule has 0 aliphatic heterocycles. The number of hydrogen-bond donors (Lipinski definition) is 0. The van der Waals surface area contributed by atoms with E-state index in [1.807, 2.05) is 13.8 Å². The summed E-state index contributed by atoms with van der Waals surface area (Å²) in [5, 5.41) is 0. The molecular formula is C21H42O4. The van der Waals surface area contributed by atoms with E-state index >= 15 is 0 Å². The number of rotatable bonds is 20.